The molecular formula is C26H29N3O5S. The van der Waals surface area contributed by atoms with Crippen molar-refractivity contribution in [3.8, 4) is 11.5 Å². The van der Waals surface area contributed by atoms with E-state index in [4.69, 9.17) is 14.2 Å². The van der Waals surface area contributed by atoms with Crippen LogP contribution in [0.2, 0.25) is 0 Å². The number of urea groups is 1. The van der Waals surface area contributed by atoms with Crippen LogP contribution < -0.4 is 14.8 Å². The molecule has 1 aliphatic heterocycles. The molecule has 3 aromatic rings. The molecule has 0 spiro atoms. The molecule has 0 saturated heterocycles. The summed E-state index contributed by atoms with van der Waals surface area (Å²) in [7, 11) is 1.62. The topological polar surface area (TPSA) is 80.3 Å². The van der Waals surface area contributed by atoms with Crippen LogP contribution in [-0.4, -0.2) is 55.3 Å². The number of nitrogens with one attached hydrogen (secondary N) is 1. The minimum absolute atomic E-state index is 0.0433. The molecule has 0 saturated carbocycles. The van der Waals surface area contributed by atoms with Crippen LogP contribution in [0.3, 0.4) is 0 Å². The van der Waals surface area contributed by atoms with Crippen LogP contribution in [0, 0.1) is 0 Å². The van der Waals surface area contributed by atoms with E-state index in [1.54, 1.807) is 23.3 Å². The fourth-order valence-corrected chi connectivity index (χ4v) is 4.44. The quantitative estimate of drug-likeness (QED) is 0.394. The van der Waals surface area contributed by atoms with Gasteiger partial charge in [0, 0.05) is 37.4 Å². The lowest BCUT2D eigenvalue weighted by Crippen LogP contribution is -2.44. The highest BCUT2D eigenvalue weighted by Crippen LogP contribution is 2.33. The van der Waals surface area contributed by atoms with Crippen molar-refractivity contribution in [1.29, 1.82) is 0 Å². The molecule has 0 atom stereocenters. The van der Waals surface area contributed by atoms with Crippen LogP contribution in [0.5, 0.6) is 11.5 Å². The van der Waals surface area contributed by atoms with E-state index in [0.717, 1.165) is 10.4 Å². The summed E-state index contributed by atoms with van der Waals surface area (Å²) in [5, 5.41) is 4.87. The van der Waals surface area contributed by atoms with E-state index < -0.39 is 0 Å². The molecule has 0 fully saturated rings. The Hall–Kier alpha value is -3.56. The van der Waals surface area contributed by atoms with Crippen molar-refractivity contribution in [2.75, 3.05) is 38.9 Å². The molecule has 1 N–H and O–H groups in total. The Labute approximate surface area is 209 Å². The predicted octanol–water partition coefficient (Wildman–Crippen LogP) is 4.58. The van der Waals surface area contributed by atoms with Gasteiger partial charge in [0.1, 0.15) is 6.54 Å². The summed E-state index contributed by atoms with van der Waals surface area (Å²) in [6.45, 7) is 1.90. The van der Waals surface area contributed by atoms with Crippen LogP contribution >= 0.6 is 11.3 Å². The van der Waals surface area contributed by atoms with Gasteiger partial charge >= 0.3 is 6.03 Å². The molecule has 2 aromatic carbocycles. The fraction of sp³-hybridized carbons (Fsp3) is 0.308. The number of carbonyl (C=O) groups is 2. The summed E-state index contributed by atoms with van der Waals surface area (Å²) < 4.78 is 16.1. The van der Waals surface area contributed by atoms with Crippen LogP contribution in [0.1, 0.15) is 16.9 Å². The van der Waals surface area contributed by atoms with E-state index in [0.29, 0.717) is 49.8 Å². The zero-order valence-corrected chi connectivity index (χ0v) is 20.5. The van der Waals surface area contributed by atoms with Gasteiger partial charge in [-0.1, -0.05) is 30.3 Å². The van der Waals surface area contributed by atoms with E-state index >= 15 is 0 Å². The van der Waals surface area contributed by atoms with Gasteiger partial charge in [0.05, 0.1) is 6.54 Å². The van der Waals surface area contributed by atoms with Crippen molar-refractivity contribution >= 4 is 29.0 Å². The summed E-state index contributed by atoms with van der Waals surface area (Å²) in [6.07, 6.45) is 0.624. The number of anilines is 1. The predicted molar refractivity (Wildman–Crippen MR) is 135 cm³/mol. The van der Waals surface area contributed by atoms with Crippen molar-refractivity contribution in [3.05, 3.63) is 76.5 Å². The van der Waals surface area contributed by atoms with E-state index in [-0.39, 0.29) is 25.3 Å². The maximum absolute atomic E-state index is 13.5. The van der Waals surface area contributed by atoms with Crippen molar-refractivity contribution in [3.63, 3.8) is 0 Å². The molecule has 35 heavy (non-hydrogen) atoms. The molecule has 4 rings (SSSR count). The Morgan fingerprint density at radius 2 is 1.83 bits per heavy atom. The Kier molecular flexibility index (Phi) is 8.58. The normalized spacial score (nSPS) is 11.8. The molecule has 0 bridgehead atoms. The molecule has 2 heterocycles. The first-order valence-electron chi connectivity index (χ1n) is 11.4. The number of amides is 3. The number of benzene rings is 2. The van der Waals surface area contributed by atoms with Gasteiger partial charge < -0.3 is 29.3 Å². The van der Waals surface area contributed by atoms with E-state index in [2.05, 4.69) is 5.32 Å². The third-order valence-electron chi connectivity index (χ3n) is 5.50. The highest BCUT2D eigenvalue weighted by molar-refractivity contribution is 7.09. The Bertz CT molecular complexity index is 1110. The number of hydrogen-bond acceptors (Lipinski definition) is 6. The van der Waals surface area contributed by atoms with Gasteiger partial charge in [-0.05, 0) is 47.7 Å². The van der Waals surface area contributed by atoms with Gasteiger partial charge in [-0.15, -0.1) is 11.3 Å². The Balaban J connectivity index is 1.49. The van der Waals surface area contributed by atoms with Gasteiger partial charge in [0.25, 0.3) is 0 Å². The first kappa shape index (κ1) is 24.6. The molecule has 0 aliphatic carbocycles. The second kappa shape index (κ2) is 12.2. The van der Waals surface area contributed by atoms with Crippen LogP contribution in [0.25, 0.3) is 0 Å². The van der Waals surface area contributed by atoms with E-state index in [9.17, 15) is 9.59 Å². The monoisotopic (exact) mass is 495 g/mol. The first-order valence-corrected chi connectivity index (χ1v) is 12.3. The van der Waals surface area contributed by atoms with Crippen LogP contribution in [0.4, 0.5) is 10.5 Å². The third-order valence-corrected chi connectivity index (χ3v) is 6.37. The molecule has 3 amide bonds. The minimum atomic E-state index is -0.320. The summed E-state index contributed by atoms with van der Waals surface area (Å²) in [4.78, 5) is 30.9. The zero-order valence-electron chi connectivity index (χ0n) is 19.6. The smallest absolute Gasteiger partial charge is 0.322 e. The number of nitrogens with zero attached hydrogens (tertiary/aromatic N) is 2. The van der Waals surface area contributed by atoms with Crippen molar-refractivity contribution in [1.82, 2.24) is 9.80 Å². The van der Waals surface area contributed by atoms with E-state index in [1.165, 1.54) is 4.90 Å². The summed E-state index contributed by atoms with van der Waals surface area (Å²) in [5.41, 5.74) is 1.61. The third kappa shape index (κ3) is 6.97. The highest BCUT2D eigenvalue weighted by Gasteiger charge is 2.23. The number of rotatable bonds is 11. The number of ether oxygens (including phenoxy) is 3. The lowest BCUT2D eigenvalue weighted by atomic mass is 10.2. The standard InChI is InChI=1S/C26H29N3O5S/c1-32-13-6-12-28(26(31)27-21-7-3-2-4-8-21)18-25(30)29(17-22-9-5-14-35-22)16-20-10-11-23-24(15-20)34-19-33-23/h2-5,7-11,14-15H,6,12-13,16-19H2,1H3,(H,27,31). The molecule has 184 valence electrons. The molecular weight excluding hydrogens is 466 g/mol. The molecule has 0 radical (unpaired) electrons. The molecule has 0 unspecified atom stereocenters. The largest absolute Gasteiger partial charge is 0.454 e. The second-order valence-corrected chi connectivity index (χ2v) is 9.11. The van der Waals surface area contributed by atoms with Crippen molar-refractivity contribution in [2.45, 2.75) is 19.5 Å². The molecule has 1 aromatic heterocycles. The second-order valence-electron chi connectivity index (χ2n) is 8.08. The van der Waals surface area contributed by atoms with Gasteiger partial charge in [-0.3, -0.25) is 4.79 Å². The van der Waals surface area contributed by atoms with Gasteiger partial charge in [0.2, 0.25) is 12.7 Å². The van der Waals surface area contributed by atoms with Crippen molar-refractivity contribution < 1.29 is 23.8 Å². The van der Waals surface area contributed by atoms with Gasteiger partial charge in [0.15, 0.2) is 11.5 Å². The maximum Gasteiger partial charge on any atom is 0.322 e. The summed E-state index contributed by atoms with van der Waals surface area (Å²) in [5.74, 6) is 1.23. The number of hydrogen-bond donors (Lipinski definition) is 1. The Morgan fingerprint density at radius 1 is 1.00 bits per heavy atom. The SMILES string of the molecule is COCCCN(CC(=O)N(Cc1ccc2c(c1)OCO2)Cc1cccs1)C(=O)Nc1ccccc1. The maximum atomic E-state index is 13.5. The number of methoxy groups -OCH3 is 1. The summed E-state index contributed by atoms with van der Waals surface area (Å²) >= 11 is 1.60. The lowest BCUT2D eigenvalue weighted by Gasteiger charge is -2.28. The highest BCUT2D eigenvalue weighted by atomic mass is 32.1. The fourth-order valence-electron chi connectivity index (χ4n) is 3.72. The van der Waals surface area contributed by atoms with Crippen LogP contribution in [-0.2, 0) is 22.6 Å². The average Bonchev–Trinajstić information content (AvgIpc) is 3.55. The molecule has 1 aliphatic rings. The van der Waals surface area contributed by atoms with Crippen molar-refractivity contribution in [2.24, 2.45) is 0 Å². The lowest BCUT2D eigenvalue weighted by molar-refractivity contribution is -0.133. The van der Waals surface area contributed by atoms with Gasteiger partial charge in [-0.25, -0.2) is 4.79 Å². The molecule has 8 nitrogen and oxygen atoms in total. The molecule has 9 heteroatoms. The summed E-state index contributed by atoms with van der Waals surface area (Å²) in [6, 6.07) is 18.6. The first-order chi connectivity index (χ1) is 17.1. The van der Waals surface area contributed by atoms with Crippen LogP contribution in [0.15, 0.2) is 66.0 Å². The number of fused-ring (bicyclic) bond motifs is 1. The average molecular weight is 496 g/mol. The number of thiophene rings is 1. The number of carbonyl (C=O) groups excluding carboxylic acids is 2. The number of para-hydroxylation sites is 1. The Morgan fingerprint density at radius 3 is 2.60 bits per heavy atom. The zero-order chi connectivity index (χ0) is 24.5. The minimum Gasteiger partial charge on any atom is -0.454 e. The van der Waals surface area contributed by atoms with Gasteiger partial charge in [-0.2, -0.15) is 0 Å². The van der Waals surface area contributed by atoms with E-state index in [1.807, 2.05) is 66.0 Å².